The molecule has 2 rings (SSSR count). The van der Waals surface area contributed by atoms with Crippen LogP contribution in [-0.4, -0.2) is 93.0 Å². The van der Waals surface area contributed by atoms with Crippen molar-refractivity contribution in [1.29, 1.82) is 0 Å². The summed E-state index contributed by atoms with van der Waals surface area (Å²) in [6.45, 7) is 29.1. The molecule has 0 radical (unpaired) electrons. The zero-order chi connectivity index (χ0) is 56.1. The summed E-state index contributed by atoms with van der Waals surface area (Å²) in [4.78, 5) is 31.6. The van der Waals surface area contributed by atoms with Gasteiger partial charge in [-0.15, -0.1) is 6.58 Å². The zero-order valence-electron chi connectivity index (χ0n) is 48.1. The van der Waals surface area contributed by atoms with E-state index in [1.807, 2.05) is 67.6 Å². The lowest BCUT2D eigenvalue weighted by atomic mass is 10.0. The van der Waals surface area contributed by atoms with Gasteiger partial charge in [-0.25, -0.2) is 0 Å². The lowest BCUT2D eigenvalue weighted by Crippen LogP contribution is -2.20. The summed E-state index contributed by atoms with van der Waals surface area (Å²) in [5.41, 5.74) is 8.34. The van der Waals surface area contributed by atoms with Crippen LogP contribution in [0.15, 0.2) is 113 Å². The molecule has 0 saturated carbocycles. The Labute approximate surface area is 444 Å². The van der Waals surface area contributed by atoms with Crippen LogP contribution in [0.25, 0.3) is 6.08 Å². The Bertz CT molecular complexity index is 1800. The third-order valence-electron chi connectivity index (χ3n) is 9.91. The number of hydrogen-bond donors (Lipinski definition) is 3. The average Bonchev–Trinajstić information content (AvgIpc) is 3.33. The van der Waals surface area contributed by atoms with Crippen molar-refractivity contribution >= 4 is 24.3 Å². The lowest BCUT2D eigenvalue weighted by molar-refractivity contribution is -0.141. The number of phenolic OH excluding ortho intramolecular Hbond substituents is 1. The first-order valence-corrected chi connectivity index (χ1v) is 26.2. The average molecular weight is 1020 g/mol. The van der Waals surface area contributed by atoms with Crippen LogP contribution >= 0.6 is 0 Å². The van der Waals surface area contributed by atoms with E-state index in [4.69, 9.17) is 33.9 Å². The SMILES string of the molecule is C=CCc1ccc(O)c(OC)c1.CC(=O)OC/C=C(\C)CCC=C(C)C.CC(C)=CCC/C(C)=C/CO.CCCCCC/C(C=O)=C\c1ccccc1.CCCCCCOC(C)=O.COCC(C)OCC(C)O. The second-order valence-electron chi connectivity index (χ2n) is 18.1. The van der Waals surface area contributed by atoms with E-state index < -0.39 is 0 Å². The van der Waals surface area contributed by atoms with Gasteiger partial charge in [-0.3, -0.25) is 14.4 Å². The summed E-state index contributed by atoms with van der Waals surface area (Å²) in [6, 6.07) is 15.3. The highest BCUT2D eigenvalue weighted by atomic mass is 16.5. The number of allylic oxidation sites excluding steroid dienone is 8. The molecule has 3 N–H and O–H groups in total. The normalized spacial score (nSPS) is 11.5. The Morgan fingerprint density at radius 2 is 1.26 bits per heavy atom. The largest absolute Gasteiger partial charge is 0.504 e. The van der Waals surface area contributed by atoms with Crippen molar-refractivity contribution in [3.63, 3.8) is 0 Å². The molecular formula is C62H102O11. The van der Waals surface area contributed by atoms with Crippen LogP contribution in [0.3, 0.4) is 0 Å². The van der Waals surface area contributed by atoms with Gasteiger partial charge in [-0.05, 0) is 148 Å². The first kappa shape index (κ1) is 74.5. The lowest BCUT2D eigenvalue weighted by Gasteiger charge is -2.12. The second kappa shape index (κ2) is 54.7. The van der Waals surface area contributed by atoms with Gasteiger partial charge in [0.1, 0.15) is 12.9 Å². The maximum absolute atomic E-state index is 10.9. The number of phenols is 1. The highest BCUT2D eigenvalue weighted by molar-refractivity contribution is 5.81. The predicted octanol–water partition coefficient (Wildman–Crippen LogP) is 14.8. The zero-order valence-corrected chi connectivity index (χ0v) is 48.1. The molecule has 11 heteroatoms. The molecule has 2 atom stereocenters. The van der Waals surface area contributed by atoms with Crippen LogP contribution in [0.5, 0.6) is 11.5 Å². The Hall–Kier alpha value is -5.07. The molecule has 416 valence electrons. The van der Waals surface area contributed by atoms with E-state index in [2.05, 4.69) is 74.1 Å². The molecule has 2 unspecified atom stereocenters. The fourth-order valence-corrected chi connectivity index (χ4v) is 5.87. The number of ether oxygens (including phenoxy) is 5. The molecule has 0 amide bonds. The summed E-state index contributed by atoms with van der Waals surface area (Å²) < 4.78 is 24.5. The van der Waals surface area contributed by atoms with Crippen molar-refractivity contribution in [1.82, 2.24) is 0 Å². The third-order valence-corrected chi connectivity index (χ3v) is 9.91. The molecule has 0 aliphatic heterocycles. The van der Waals surface area contributed by atoms with E-state index in [9.17, 15) is 19.5 Å². The van der Waals surface area contributed by atoms with Crippen molar-refractivity contribution in [2.75, 3.05) is 47.3 Å². The number of rotatable bonds is 29. The van der Waals surface area contributed by atoms with Crippen LogP contribution in [0, 0.1) is 0 Å². The number of aliphatic hydroxyl groups excluding tert-OH is 2. The molecule has 0 fully saturated rings. The summed E-state index contributed by atoms with van der Waals surface area (Å²) in [6.07, 6.45) is 28.1. The summed E-state index contributed by atoms with van der Waals surface area (Å²) >= 11 is 0. The number of aromatic hydroxyl groups is 1. The number of esters is 2. The molecule has 73 heavy (non-hydrogen) atoms. The maximum Gasteiger partial charge on any atom is 0.302 e. The van der Waals surface area contributed by atoms with Gasteiger partial charge < -0.3 is 39.0 Å². The summed E-state index contributed by atoms with van der Waals surface area (Å²) in [7, 11) is 3.16. The molecule has 11 nitrogen and oxygen atoms in total. The second-order valence-corrected chi connectivity index (χ2v) is 18.1. The fourth-order valence-electron chi connectivity index (χ4n) is 5.87. The van der Waals surface area contributed by atoms with Gasteiger partial charge in [-0.2, -0.15) is 0 Å². The van der Waals surface area contributed by atoms with Gasteiger partial charge in [0.05, 0.1) is 45.7 Å². The summed E-state index contributed by atoms with van der Waals surface area (Å²) in [5, 5.41) is 26.6. The van der Waals surface area contributed by atoms with E-state index >= 15 is 0 Å². The molecular weight excluding hydrogens is 921 g/mol. The molecule has 0 aliphatic rings. The number of methoxy groups -OCH3 is 2. The minimum atomic E-state index is -0.390. The Morgan fingerprint density at radius 3 is 1.73 bits per heavy atom. The summed E-state index contributed by atoms with van der Waals surface area (Å²) in [5.74, 6) is 0.287. The Morgan fingerprint density at radius 1 is 0.699 bits per heavy atom. The van der Waals surface area contributed by atoms with Crippen LogP contribution in [0.4, 0.5) is 0 Å². The fraction of sp³-hybridized carbons (Fsp3) is 0.565. The van der Waals surface area contributed by atoms with Crippen LogP contribution in [0.2, 0.25) is 0 Å². The minimum absolute atomic E-state index is 0.0691. The predicted molar refractivity (Wildman–Crippen MR) is 306 cm³/mol. The highest BCUT2D eigenvalue weighted by Gasteiger charge is 2.03. The molecule has 0 spiro atoms. The smallest absolute Gasteiger partial charge is 0.302 e. The minimum Gasteiger partial charge on any atom is -0.504 e. The molecule has 2 aromatic carbocycles. The highest BCUT2D eigenvalue weighted by Crippen LogP contribution is 2.26. The van der Waals surface area contributed by atoms with Crippen molar-refractivity contribution in [3.05, 3.63) is 124 Å². The quantitative estimate of drug-likeness (QED) is 0.0234. The number of benzene rings is 2. The van der Waals surface area contributed by atoms with Gasteiger partial charge in [0.15, 0.2) is 11.5 Å². The number of carbonyl (C=O) groups is 3. The first-order valence-electron chi connectivity index (χ1n) is 26.2. The van der Waals surface area contributed by atoms with Crippen LogP contribution < -0.4 is 4.74 Å². The molecule has 0 bridgehead atoms. The van der Waals surface area contributed by atoms with E-state index in [1.54, 1.807) is 26.2 Å². The Balaban J connectivity index is -0.000000395. The van der Waals surface area contributed by atoms with Crippen molar-refractivity contribution in [3.8, 4) is 11.5 Å². The Kier molecular flexibility index (Phi) is 55.8. The number of hydrogen-bond acceptors (Lipinski definition) is 11. The first-order chi connectivity index (χ1) is 34.8. The van der Waals surface area contributed by atoms with Crippen LogP contribution in [-0.2, 0) is 39.8 Å². The van der Waals surface area contributed by atoms with E-state index in [-0.39, 0.29) is 36.5 Å². The number of aldehydes is 1. The topological polar surface area (TPSA) is 158 Å². The van der Waals surface area contributed by atoms with Gasteiger partial charge in [-0.1, -0.05) is 135 Å². The monoisotopic (exact) mass is 1020 g/mol. The van der Waals surface area contributed by atoms with E-state index in [0.29, 0.717) is 32.2 Å². The van der Waals surface area contributed by atoms with Crippen molar-refractivity contribution in [2.24, 2.45) is 0 Å². The van der Waals surface area contributed by atoms with Gasteiger partial charge >= 0.3 is 11.9 Å². The van der Waals surface area contributed by atoms with E-state index in [1.165, 1.54) is 81.8 Å². The molecule has 0 saturated heterocycles. The van der Waals surface area contributed by atoms with Gasteiger partial charge in [0.2, 0.25) is 0 Å². The molecule has 2 aromatic rings. The number of unbranched alkanes of at least 4 members (excludes halogenated alkanes) is 6. The van der Waals surface area contributed by atoms with Gasteiger partial charge in [0.25, 0.3) is 0 Å². The number of carbonyl (C=O) groups excluding carboxylic acids is 3. The molecule has 0 heterocycles. The van der Waals surface area contributed by atoms with E-state index in [0.717, 1.165) is 74.4 Å². The number of aliphatic hydroxyl groups is 2. The molecule has 0 aliphatic carbocycles. The molecule has 0 aromatic heterocycles. The maximum atomic E-state index is 10.9. The van der Waals surface area contributed by atoms with Gasteiger partial charge in [0, 0.05) is 21.0 Å². The van der Waals surface area contributed by atoms with Crippen LogP contribution in [0.1, 0.15) is 178 Å². The third kappa shape index (κ3) is 59.4. The van der Waals surface area contributed by atoms with Crippen molar-refractivity contribution < 1.29 is 53.4 Å². The standard InChI is InChI=1S/C15H20O.C12H20O2.C10H12O2.C10H18O.C8H16O2.C7H16O3/c1-2-3-4-6-11-15(13-16)12-14-9-7-5-8-10-14;1-10(2)6-5-7-11(3)8-9-14-12(4)13;1-3-4-8-5-6-9(11)10(7-8)12-2;1-9(2)5-4-6-10(3)7-8-11;1-3-4-5-6-7-10-8(2)9;1-6(8)4-10-7(2)5-9-3/h5,7-10,12-13H,2-4,6,11H2,1H3;6,8H,5,7,9H2,1-4H3;3,5-7,11H,1,4H2,2H3;5,7,11H,4,6,8H2,1-3H3;3-7H2,1-2H3;6-8H,4-5H2,1-3H3/b15-12+;11-8+;;10-7+;;. The van der Waals surface area contributed by atoms with Crippen molar-refractivity contribution in [2.45, 2.75) is 185 Å².